The Hall–Kier alpha value is -4.29. The summed E-state index contributed by atoms with van der Waals surface area (Å²) >= 11 is 13.8. The minimum Gasteiger partial charge on any atom is -0.480 e. The maximum absolute atomic E-state index is 13.5. The molecule has 5 aromatic rings. The molecule has 13 heteroatoms. The van der Waals surface area contributed by atoms with Crippen molar-refractivity contribution in [1.29, 1.82) is 0 Å². The first kappa shape index (κ1) is 29.2. The topological polar surface area (TPSA) is 139 Å². The van der Waals surface area contributed by atoms with Gasteiger partial charge in [-0.3, -0.25) is 9.59 Å². The van der Waals surface area contributed by atoms with Crippen molar-refractivity contribution >= 4 is 46.4 Å². The van der Waals surface area contributed by atoms with Crippen LogP contribution in [0.5, 0.6) is 0 Å². The highest BCUT2D eigenvalue weighted by Gasteiger charge is 2.24. The third-order valence-electron chi connectivity index (χ3n) is 6.46. The van der Waals surface area contributed by atoms with Crippen molar-refractivity contribution in [3.05, 3.63) is 110 Å². The monoisotopic (exact) mass is 623 g/mol. The predicted octanol–water partition coefficient (Wildman–Crippen LogP) is 4.55. The Morgan fingerprint density at radius 1 is 1.00 bits per heavy atom. The molecule has 0 radical (unpaired) electrons. The van der Waals surface area contributed by atoms with E-state index in [0.29, 0.717) is 22.4 Å². The maximum Gasteiger partial charge on any atom is 0.326 e. The second kappa shape index (κ2) is 12.7. The van der Waals surface area contributed by atoms with Gasteiger partial charge in [-0.1, -0.05) is 59.6 Å². The van der Waals surface area contributed by atoms with Crippen LogP contribution < -0.4 is 10.9 Å². The number of thiophene rings is 1. The minimum atomic E-state index is -1.27. The lowest BCUT2D eigenvalue weighted by atomic mass is 10.0. The number of carboxylic acids is 1. The molecule has 214 valence electrons. The molecule has 3 heterocycles. The summed E-state index contributed by atoms with van der Waals surface area (Å²) in [7, 11) is 0. The SMILES string of the molecule is O=C(N[C@@H](Cc1ccc(-c2c(-n3nccc3-c3cccs3)cnn(CCO)c2=O)cc1)C(=O)O)c1c(Cl)cccc1Cl. The van der Waals surface area contributed by atoms with Gasteiger partial charge >= 0.3 is 5.97 Å². The van der Waals surface area contributed by atoms with Gasteiger partial charge in [0.25, 0.3) is 11.5 Å². The van der Waals surface area contributed by atoms with E-state index >= 15 is 0 Å². The lowest BCUT2D eigenvalue weighted by Crippen LogP contribution is -2.42. The molecule has 0 aliphatic rings. The molecular formula is C29H23Cl2N5O5S. The molecule has 5 rings (SSSR count). The number of amides is 1. The highest BCUT2D eigenvalue weighted by Crippen LogP contribution is 2.30. The van der Waals surface area contributed by atoms with Gasteiger partial charge in [0.1, 0.15) is 6.04 Å². The summed E-state index contributed by atoms with van der Waals surface area (Å²) in [5, 5.41) is 32.6. The first-order chi connectivity index (χ1) is 20.3. The molecule has 3 N–H and O–H groups in total. The van der Waals surface area contributed by atoms with Crippen LogP contribution in [0.4, 0.5) is 0 Å². The number of aliphatic hydroxyl groups excluding tert-OH is 1. The molecule has 0 unspecified atom stereocenters. The van der Waals surface area contributed by atoms with E-state index < -0.39 is 23.5 Å². The van der Waals surface area contributed by atoms with E-state index in [-0.39, 0.29) is 35.2 Å². The number of aliphatic hydroxyl groups is 1. The number of carbonyl (C=O) groups is 2. The van der Waals surface area contributed by atoms with E-state index in [9.17, 15) is 24.6 Å². The molecule has 0 bridgehead atoms. The molecule has 1 amide bonds. The maximum atomic E-state index is 13.5. The van der Waals surface area contributed by atoms with Gasteiger partial charge in [0.2, 0.25) is 0 Å². The van der Waals surface area contributed by atoms with Crippen molar-refractivity contribution in [2.45, 2.75) is 19.0 Å². The molecule has 3 aromatic heterocycles. The lowest BCUT2D eigenvalue weighted by molar-refractivity contribution is -0.139. The van der Waals surface area contributed by atoms with Crippen LogP contribution in [0.15, 0.2) is 83.2 Å². The van der Waals surface area contributed by atoms with Crippen LogP contribution in [-0.2, 0) is 17.8 Å². The molecular weight excluding hydrogens is 601 g/mol. The first-order valence-electron chi connectivity index (χ1n) is 12.6. The summed E-state index contributed by atoms with van der Waals surface area (Å²) in [5.74, 6) is -1.94. The van der Waals surface area contributed by atoms with Crippen molar-refractivity contribution < 1.29 is 19.8 Å². The average Bonchev–Trinajstić information content (AvgIpc) is 3.67. The zero-order chi connectivity index (χ0) is 29.8. The second-order valence-electron chi connectivity index (χ2n) is 9.12. The van der Waals surface area contributed by atoms with Crippen molar-refractivity contribution in [3.63, 3.8) is 0 Å². The molecule has 0 fully saturated rings. The molecule has 10 nitrogen and oxygen atoms in total. The van der Waals surface area contributed by atoms with E-state index in [1.54, 1.807) is 41.2 Å². The van der Waals surface area contributed by atoms with Gasteiger partial charge < -0.3 is 15.5 Å². The zero-order valence-electron chi connectivity index (χ0n) is 21.8. The second-order valence-corrected chi connectivity index (χ2v) is 10.9. The Morgan fingerprint density at radius 2 is 1.74 bits per heavy atom. The van der Waals surface area contributed by atoms with Crippen LogP contribution in [-0.4, -0.2) is 54.3 Å². The summed E-state index contributed by atoms with van der Waals surface area (Å²) in [6.45, 7) is -0.259. The molecule has 0 aliphatic carbocycles. The average molecular weight is 625 g/mol. The highest BCUT2D eigenvalue weighted by atomic mass is 35.5. The third kappa shape index (κ3) is 6.00. The summed E-state index contributed by atoms with van der Waals surface area (Å²) in [6.07, 6.45) is 3.13. The number of halogens is 2. The summed E-state index contributed by atoms with van der Waals surface area (Å²) < 4.78 is 2.82. The minimum absolute atomic E-state index is 0.00709. The molecule has 1 atom stereocenters. The number of nitrogens with one attached hydrogen (secondary N) is 1. The molecule has 0 spiro atoms. The number of aliphatic carboxylic acids is 1. The van der Waals surface area contributed by atoms with Crippen molar-refractivity contribution in [2.75, 3.05) is 6.61 Å². The Bertz CT molecular complexity index is 1780. The number of hydrogen-bond acceptors (Lipinski definition) is 7. The normalized spacial score (nSPS) is 11.8. The Labute approximate surface area is 253 Å². The molecule has 0 saturated heterocycles. The van der Waals surface area contributed by atoms with Crippen LogP contribution in [0.2, 0.25) is 10.0 Å². The van der Waals surface area contributed by atoms with Crippen LogP contribution in [0.25, 0.3) is 27.4 Å². The number of rotatable bonds is 10. The van der Waals surface area contributed by atoms with Gasteiger partial charge in [-0.05, 0) is 40.8 Å². The smallest absolute Gasteiger partial charge is 0.326 e. The van der Waals surface area contributed by atoms with E-state index in [0.717, 1.165) is 10.6 Å². The van der Waals surface area contributed by atoms with E-state index in [1.807, 2.05) is 23.6 Å². The number of aromatic nitrogens is 4. The number of nitrogens with zero attached hydrogens (tertiary/aromatic N) is 4. The number of carboxylic acid groups (broad SMARTS) is 1. The Morgan fingerprint density at radius 3 is 2.38 bits per heavy atom. The first-order valence-corrected chi connectivity index (χ1v) is 14.3. The standard InChI is InChI=1S/C29H23Cl2N5O5S/c30-19-3-1-4-20(31)26(19)27(38)34-21(29(40)41)15-17-6-8-18(9-7-17)25-23(16-33-35(12-13-37)28(25)39)36-22(10-11-32-36)24-5-2-14-42-24/h1-11,14,16,21,37H,12-13,15H2,(H,34,38)(H,40,41)/t21-/m0/s1. The van der Waals surface area contributed by atoms with Crippen molar-refractivity contribution in [1.82, 2.24) is 24.9 Å². The fourth-order valence-electron chi connectivity index (χ4n) is 4.46. The van der Waals surface area contributed by atoms with Crippen LogP contribution in [0.1, 0.15) is 15.9 Å². The lowest BCUT2D eigenvalue weighted by Gasteiger charge is -2.17. The third-order valence-corrected chi connectivity index (χ3v) is 7.98. The zero-order valence-corrected chi connectivity index (χ0v) is 24.1. The molecule has 2 aromatic carbocycles. The van der Waals surface area contributed by atoms with Crippen LogP contribution in [0.3, 0.4) is 0 Å². The van der Waals surface area contributed by atoms with Crippen molar-refractivity contribution in [2.24, 2.45) is 0 Å². The van der Waals surface area contributed by atoms with Gasteiger partial charge in [-0.2, -0.15) is 10.2 Å². The number of hydrogen-bond donors (Lipinski definition) is 3. The highest BCUT2D eigenvalue weighted by molar-refractivity contribution is 7.13. The predicted molar refractivity (Wildman–Crippen MR) is 161 cm³/mol. The molecule has 42 heavy (non-hydrogen) atoms. The van der Waals surface area contributed by atoms with E-state index in [4.69, 9.17) is 23.2 Å². The van der Waals surface area contributed by atoms with Gasteiger partial charge in [0.15, 0.2) is 0 Å². The van der Waals surface area contributed by atoms with Gasteiger partial charge in [0.05, 0.1) is 63.0 Å². The van der Waals surface area contributed by atoms with Crippen LogP contribution in [0, 0.1) is 0 Å². The van der Waals surface area contributed by atoms with Gasteiger partial charge in [0, 0.05) is 6.42 Å². The fraction of sp³-hybridized carbons (Fsp3) is 0.138. The van der Waals surface area contributed by atoms with E-state index in [1.165, 1.54) is 34.3 Å². The fourth-order valence-corrected chi connectivity index (χ4v) is 5.77. The van der Waals surface area contributed by atoms with Crippen molar-refractivity contribution in [3.8, 4) is 27.4 Å². The summed E-state index contributed by atoms with van der Waals surface area (Å²) in [4.78, 5) is 39.3. The molecule has 0 saturated carbocycles. The summed E-state index contributed by atoms with van der Waals surface area (Å²) in [5.41, 5.74) is 2.25. The quantitative estimate of drug-likeness (QED) is 0.207. The van der Waals surface area contributed by atoms with Crippen LogP contribution >= 0.6 is 34.5 Å². The number of carbonyl (C=O) groups excluding carboxylic acids is 1. The largest absolute Gasteiger partial charge is 0.480 e. The summed E-state index contributed by atoms with van der Waals surface area (Å²) in [6, 6.07) is 15.8. The molecule has 0 aliphatic heterocycles. The number of benzene rings is 2. The van der Waals surface area contributed by atoms with E-state index in [2.05, 4.69) is 15.5 Å². The Kier molecular flexibility index (Phi) is 8.83. The van der Waals surface area contributed by atoms with Gasteiger partial charge in [-0.15, -0.1) is 11.3 Å². The Balaban J connectivity index is 1.47. The van der Waals surface area contributed by atoms with Gasteiger partial charge in [-0.25, -0.2) is 14.2 Å².